The second-order valence-corrected chi connectivity index (χ2v) is 6.10. The van der Waals surface area contributed by atoms with E-state index in [1.54, 1.807) is 0 Å². The van der Waals surface area contributed by atoms with Crippen LogP contribution in [0.25, 0.3) is 0 Å². The number of amides is 3. The molecule has 0 bridgehead atoms. The quantitative estimate of drug-likeness (QED) is 0.215. The lowest BCUT2D eigenvalue weighted by atomic mass is 10.1. The first-order valence-electron chi connectivity index (χ1n) is 7.88. The maximum atomic E-state index is 12.0. The van der Waals surface area contributed by atoms with Gasteiger partial charge in [0.2, 0.25) is 17.7 Å². The maximum absolute atomic E-state index is 12.0. The van der Waals surface area contributed by atoms with Gasteiger partial charge in [0.25, 0.3) is 0 Å². The van der Waals surface area contributed by atoms with Crippen LogP contribution in [0.5, 0.6) is 0 Å². The Bertz CT molecular complexity index is 510. The molecule has 0 spiro atoms. The number of carboxylic acid groups (broad SMARTS) is 1. The number of carbonyl (C=O) groups is 4. The number of hydrogen-bond acceptors (Lipinski definition) is 7. The minimum Gasteiger partial charge on any atom is -0.480 e. The van der Waals surface area contributed by atoms with E-state index in [1.807, 2.05) is 0 Å². The summed E-state index contributed by atoms with van der Waals surface area (Å²) in [4.78, 5) is 46.7. The fourth-order valence-corrected chi connectivity index (χ4v) is 2.54. The summed E-state index contributed by atoms with van der Waals surface area (Å²) in [7, 11) is 0. The molecule has 25 heavy (non-hydrogen) atoms. The summed E-state index contributed by atoms with van der Waals surface area (Å²) >= 11 is 3.95. The maximum Gasteiger partial charge on any atom is 0.328 e. The van der Waals surface area contributed by atoms with Gasteiger partial charge in [-0.15, -0.1) is 0 Å². The number of rotatable bonds is 9. The summed E-state index contributed by atoms with van der Waals surface area (Å²) in [5, 5.41) is 28.3. The van der Waals surface area contributed by atoms with Gasteiger partial charge in [0, 0.05) is 5.75 Å². The normalized spacial score (nSPS) is 20.2. The molecule has 142 valence electrons. The molecule has 1 aliphatic heterocycles. The fraction of sp³-hybridized carbons (Fsp3) is 0.714. The van der Waals surface area contributed by atoms with Gasteiger partial charge in [-0.25, -0.2) is 4.79 Å². The molecule has 0 aromatic carbocycles. The second-order valence-electron chi connectivity index (χ2n) is 5.73. The molecule has 1 aliphatic rings. The van der Waals surface area contributed by atoms with E-state index in [-0.39, 0.29) is 24.2 Å². The summed E-state index contributed by atoms with van der Waals surface area (Å²) in [6, 6.07) is -2.92. The van der Waals surface area contributed by atoms with Crippen LogP contribution in [0.1, 0.15) is 19.8 Å². The van der Waals surface area contributed by atoms with Crippen molar-refractivity contribution in [1.29, 1.82) is 0 Å². The predicted molar refractivity (Wildman–Crippen MR) is 91.1 cm³/mol. The molecule has 0 aliphatic carbocycles. The van der Waals surface area contributed by atoms with Gasteiger partial charge in [-0.1, -0.05) is 0 Å². The highest BCUT2D eigenvalue weighted by Crippen LogP contribution is 2.04. The lowest BCUT2D eigenvalue weighted by Crippen LogP contribution is -2.56. The van der Waals surface area contributed by atoms with Crippen LogP contribution in [0.2, 0.25) is 0 Å². The zero-order valence-corrected chi connectivity index (χ0v) is 14.7. The first-order chi connectivity index (χ1) is 11.8. The van der Waals surface area contributed by atoms with E-state index in [0.29, 0.717) is 6.42 Å². The summed E-state index contributed by atoms with van der Waals surface area (Å²) < 4.78 is 0. The molecule has 6 N–H and O–H groups in total. The predicted octanol–water partition coefficient (Wildman–Crippen LogP) is -2.78. The van der Waals surface area contributed by atoms with E-state index >= 15 is 0 Å². The van der Waals surface area contributed by atoms with Crippen molar-refractivity contribution in [3.05, 3.63) is 0 Å². The monoisotopic (exact) mass is 376 g/mol. The molecule has 10 nitrogen and oxygen atoms in total. The molecule has 4 unspecified atom stereocenters. The Morgan fingerprint density at radius 2 is 1.96 bits per heavy atom. The van der Waals surface area contributed by atoms with Gasteiger partial charge in [-0.2, -0.15) is 12.6 Å². The van der Waals surface area contributed by atoms with Crippen LogP contribution in [-0.2, 0) is 19.2 Å². The Kier molecular flexibility index (Phi) is 8.66. The van der Waals surface area contributed by atoms with E-state index < -0.39 is 36.0 Å². The second kappa shape index (κ2) is 10.2. The molecule has 1 rings (SSSR count). The van der Waals surface area contributed by atoms with E-state index in [9.17, 15) is 24.3 Å². The van der Waals surface area contributed by atoms with Gasteiger partial charge in [0.1, 0.15) is 6.04 Å². The Hall–Kier alpha value is -1.85. The molecule has 4 atom stereocenters. The largest absolute Gasteiger partial charge is 0.480 e. The van der Waals surface area contributed by atoms with E-state index in [4.69, 9.17) is 5.11 Å². The van der Waals surface area contributed by atoms with Gasteiger partial charge in [0.15, 0.2) is 6.04 Å². The number of thiol groups is 1. The standard InChI is InChI=1S/C14H24N4O6S/c1-7(19)11(14(23)24)18-13(22)9(6-25)17-10(20)5-16-12(21)8-3-2-4-15-8/h7-9,11,15,19,25H,2-6H2,1H3,(H,16,21)(H,17,20)(H,18,22)(H,23,24). The number of carbonyl (C=O) groups excluding carboxylic acids is 3. The molecule has 0 radical (unpaired) electrons. The van der Waals surface area contributed by atoms with Crippen molar-refractivity contribution in [2.45, 2.75) is 44.0 Å². The molecule has 0 aromatic rings. The summed E-state index contributed by atoms with van der Waals surface area (Å²) in [5.41, 5.74) is 0. The van der Waals surface area contributed by atoms with Gasteiger partial charge < -0.3 is 31.5 Å². The molecule has 1 saturated heterocycles. The summed E-state index contributed by atoms with van der Waals surface area (Å²) in [6.45, 7) is 1.66. The number of hydrogen-bond donors (Lipinski definition) is 7. The number of nitrogens with one attached hydrogen (secondary N) is 4. The van der Waals surface area contributed by atoms with Crippen molar-refractivity contribution < 1.29 is 29.4 Å². The SMILES string of the molecule is CC(O)C(NC(=O)C(CS)NC(=O)CNC(=O)C1CCCN1)C(=O)O. The minimum absolute atomic E-state index is 0.0815. The van der Waals surface area contributed by atoms with Crippen molar-refractivity contribution in [3.63, 3.8) is 0 Å². The Balaban J connectivity index is 2.47. The third-order valence-electron chi connectivity index (χ3n) is 3.68. The van der Waals surface area contributed by atoms with Crippen molar-refractivity contribution in [2.24, 2.45) is 0 Å². The van der Waals surface area contributed by atoms with Crippen molar-refractivity contribution in [3.8, 4) is 0 Å². The minimum atomic E-state index is -1.50. The molecule has 1 heterocycles. The zero-order valence-electron chi connectivity index (χ0n) is 13.8. The molecule has 0 aromatic heterocycles. The van der Waals surface area contributed by atoms with E-state index in [2.05, 4.69) is 33.9 Å². The lowest BCUT2D eigenvalue weighted by molar-refractivity contribution is -0.145. The first kappa shape index (κ1) is 21.2. The average molecular weight is 376 g/mol. The van der Waals surface area contributed by atoms with Crippen LogP contribution < -0.4 is 21.3 Å². The number of carboxylic acids is 1. The van der Waals surface area contributed by atoms with Gasteiger partial charge in [0.05, 0.1) is 18.7 Å². The van der Waals surface area contributed by atoms with Crippen LogP contribution in [0.15, 0.2) is 0 Å². The van der Waals surface area contributed by atoms with Crippen molar-refractivity contribution in [2.75, 3.05) is 18.8 Å². The fourth-order valence-electron chi connectivity index (χ4n) is 2.28. The van der Waals surface area contributed by atoms with Crippen molar-refractivity contribution in [1.82, 2.24) is 21.3 Å². The van der Waals surface area contributed by atoms with Crippen LogP contribution in [0.4, 0.5) is 0 Å². The highest BCUT2D eigenvalue weighted by Gasteiger charge is 2.29. The lowest BCUT2D eigenvalue weighted by Gasteiger charge is -2.21. The molecule has 1 fully saturated rings. The summed E-state index contributed by atoms with van der Waals surface area (Å²) in [6.07, 6.45) is 0.279. The third-order valence-corrected chi connectivity index (χ3v) is 4.05. The smallest absolute Gasteiger partial charge is 0.328 e. The van der Waals surface area contributed by atoms with Crippen molar-refractivity contribution >= 4 is 36.3 Å². The highest BCUT2D eigenvalue weighted by atomic mass is 32.1. The average Bonchev–Trinajstić information content (AvgIpc) is 3.08. The van der Waals surface area contributed by atoms with Crippen LogP contribution in [0, 0.1) is 0 Å². The Labute approximate surface area is 150 Å². The number of aliphatic hydroxyl groups excluding tert-OH is 1. The number of aliphatic carboxylic acids is 1. The van der Waals surface area contributed by atoms with Gasteiger partial charge in [-0.05, 0) is 26.3 Å². The molecule has 11 heteroatoms. The molecule has 3 amide bonds. The molecule has 0 saturated carbocycles. The number of aliphatic hydroxyl groups is 1. The van der Waals surface area contributed by atoms with Crippen LogP contribution >= 0.6 is 12.6 Å². The van der Waals surface area contributed by atoms with E-state index in [1.165, 1.54) is 6.92 Å². The molecular weight excluding hydrogens is 352 g/mol. The molecular formula is C14H24N4O6S. The van der Waals surface area contributed by atoms with Crippen LogP contribution in [-0.4, -0.2) is 77.0 Å². The first-order valence-corrected chi connectivity index (χ1v) is 8.52. The van der Waals surface area contributed by atoms with Crippen LogP contribution in [0.3, 0.4) is 0 Å². The highest BCUT2D eigenvalue weighted by molar-refractivity contribution is 7.80. The third kappa shape index (κ3) is 6.88. The van der Waals surface area contributed by atoms with Gasteiger partial charge in [-0.3, -0.25) is 14.4 Å². The topological polar surface area (TPSA) is 157 Å². The van der Waals surface area contributed by atoms with Gasteiger partial charge >= 0.3 is 5.97 Å². The van der Waals surface area contributed by atoms with E-state index in [0.717, 1.165) is 13.0 Å². The Morgan fingerprint density at radius 3 is 2.44 bits per heavy atom. The Morgan fingerprint density at radius 1 is 1.28 bits per heavy atom. The summed E-state index contributed by atoms with van der Waals surface area (Å²) in [5.74, 6) is -3.17. The zero-order chi connectivity index (χ0) is 19.0.